The summed E-state index contributed by atoms with van der Waals surface area (Å²) in [6, 6.07) is 14.7. The van der Waals surface area contributed by atoms with Crippen LogP contribution in [0.15, 0.2) is 91.3 Å². The molecule has 31 heavy (non-hydrogen) atoms. The van der Waals surface area contributed by atoms with E-state index in [0.717, 1.165) is 6.54 Å². The minimum atomic E-state index is -0.265. The van der Waals surface area contributed by atoms with Gasteiger partial charge in [0.2, 0.25) is 0 Å². The Bertz CT molecular complexity index is 795. The highest BCUT2D eigenvalue weighted by atomic mass is 19.1. The summed E-state index contributed by atoms with van der Waals surface area (Å²) in [5, 5.41) is 3.35. The van der Waals surface area contributed by atoms with Crippen LogP contribution in [0.4, 0.5) is 13.2 Å². The molecule has 1 N–H and O–H groups in total. The lowest BCUT2D eigenvalue weighted by atomic mass is 10.3. The predicted octanol–water partition coefficient (Wildman–Crippen LogP) is 5.88. The van der Waals surface area contributed by atoms with Crippen molar-refractivity contribution in [2.45, 2.75) is 26.1 Å². The number of allylic oxidation sites excluding steroid dienone is 5. The summed E-state index contributed by atoms with van der Waals surface area (Å²) in [5.74, 6) is 0.135. The van der Waals surface area contributed by atoms with Gasteiger partial charge in [-0.2, -0.15) is 0 Å². The average molecular weight is 433 g/mol. The first-order chi connectivity index (χ1) is 15.0. The SMILES string of the molecule is CC1CNC(COc2cccc(F)c2)N1C.C\C=C/C=C\C=C\F.Fc1ccccc1. The smallest absolute Gasteiger partial charge is 0.126 e. The lowest BCUT2D eigenvalue weighted by Crippen LogP contribution is -2.39. The van der Waals surface area contributed by atoms with Gasteiger partial charge in [0.25, 0.3) is 0 Å². The molecule has 2 aromatic rings. The zero-order valence-electron chi connectivity index (χ0n) is 18.2. The Morgan fingerprint density at radius 3 is 2.19 bits per heavy atom. The van der Waals surface area contributed by atoms with E-state index in [1.54, 1.807) is 42.5 Å². The second-order valence-electron chi connectivity index (χ2n) is 6.73. The van der Waals surface area contributed by atoms with Crippen LogP contribution in [-0.2, 0) is 0 Å². The van der Waals surface area contributed by atoms with Crippen molar-refractivity contribution in [2.24, 2.45) is 0 Å². The molecule has 0 aliphatic carbocycles. The van der Waals surface area contributed by atoms with E-state index in [4.69, 9.17) is 4.74 Å². The third kappa shape index (κ3) is 11.8. The van der Waals surface area contributed by atoms with Gasteiger partial charge < -0.3 is 4.74 Å². The van der Waals surface area contributed by atoms with Crippen molar-refractivity contribution < 1.29 is 17.9 Å². The lowest BCUT2D eigenvalue weighted by molar-refractivity contribution is 0.165. The van der Waals surface area contributed by atoms with Gasteiger partial charge in [-0.05, 0) is 51.2 Å². The summed E-state index contributed by atoms with van der Waals surface area (Å²) in [6.07, 6.45) is 9.14. The summed E-state index contributed by atoms with van der Waals surface area (Å²) < 4.78 is 41.5. The quantitative estimate of drug-likeness (QED) is 0.597. The molecule has 3 nitrogen and oxygen atoms in total. The van der Waals surface area contributed by atoms with E-state index < -0.39 is 0 Å². The molecule has 1 fully saturated rings. The predicted molar refractivity (Wildman–Crippen MR) is 122 cm³/mol. The number of hydrogen-bond acceptors (Lipinski definition) is 3. The van der Waals surface area contributed by atoms with Crippen molar-refractivity contribution in [1.29, 1.82) is 0 Å². The number of rotatable bonds is 5. The number of halogens is 3. The maximum Gasteiger partial charge on any atom is 0.126 e. The first kappa shape index (κ1) is 26.2. The molecule has 168 valence electrons. The molecule has 2 atom stereocenters. The minimum absolute atomic E-state index is 0.178. The highest BCUT2D eigenvalue weighted by Gasteiger charge is 2.26. The van der Waals surface area contributed by atoms with E-state index in [-0.39, 0.29) is 17.8 Å². The van der Waals surface area contributed by atoms with Crippen molar-refractivity contribution in [1.82, 2.24) is 10.2 Å². The molecule has 6 heteroatoms. The summed E-state index contributed by atoms with van der Waals surface area (Å²) in [6.45, 7) is 5.57. The zero-order chi connectivity index (χ0) is 22.9. The maximum atomic E-state index is 12.9. The Hall–Kier alpha value is -2.83. The van der Waals surface area contributed by atoms with Crippen LogP contribution in [0, 0.1) is 11.6 Å². The van der Waals surface area contributed by atoms with Crippen LogP contribution < -0.4 is 10.1 Å². The summed E-state index contributed by atoms with van der Waals surface area (Å²) >= 11 is 0. The van der Waals surface area contributed by atoms with E-state index in [1.807, 2.05) is 19.1 Å². The first-order valence-electron chi connectivity index (χ1n) is 10.1. The van der Waals surface area contributed by atoms with E-state index >= 15 is 0 Å². The largest absolute Gasteiger partial charge is 0.490 e. The monoisotopic (exact) mass is 432 g/mol. The molecule has 0 radical (unpaired) electrons. The number of nitrogens with one attached hydrogen (secondary N) is 1. The Morgan fingerprint density at radius 1 is 1.00 bits per heavy atom. The Kier molecular flexibility index (Phi) is 13.5. The summed E-state index contributed by atoms with van der Waals surface area (Å²) in [7, 11) is 2.06. The normalized spacial score (nSPS) is 18.6. The summed E-state index contributed by atoms with van der Waals surface area (Å²) in [4.78, 5) is 2.22. The van der Waals surface area contributed by atoms with E-state index in [9.17, 15) is 13.2 Å². The molecular weight excluding hydrogens is 401 g/mol. The molecule has 0 saturated carbocycles. The fourth-order valence-electron chi connectivity index (χ4n) is 2.51. The van der Waals surface area contributed by atoms with Crippen molar-refractivity contribution in [2.75, 3.05) is 20.2 Å². The molecule has 1 aliphatic rings. The fourth-order valence-corrected chi connectivity index (χ4v) is 2.51. The van der Waals surface area contributed by atoms with Crippen LogP contribution in [0.3, 0.4) is 0 Å². The van der Waals surface area contributed by atoms with Gasteiger partial charge in [0, 0.05) is 18.7 Å². The van der Waals surface area contributed by atoms with E-state index in [0.29, 0.717) is 24.7 Å². The van der Waals surface area contributed by atoms with Crippen LogP contribution >= 0.6 is 0 Å². The van der Waals surface area contributed by atoms with Gasteiger partial charge in [-0.1, -0.05) is 48.6 Å². The Balaban J connectivity index is 0.000000268. The van der Waals surface area contributed by atoms with E-state index in [2.05, 4.69) is 24.2 Å². The fraction of sp³-hybridized carbons (Fsp3) is 0.280. The molecule has 0 spiro atoms. The molecule has 2 unspecified atom stereocenters. The second kappa shape index (κ2) is 15.9. The molecular formula is C25H31F3N2O. The molecule has 0 bridgehead atoms. The molecule has 0 aromatic heterocycles. The molecule has 3 rings (SSSR count). The maximum absolute atomic E-state index is 12.9. The van der Waals surface area contributed by atoms with Crippen molar-refractivity contribution in [3.05, 3.63) is 103 Å². The van der Waals surface area contributed by atoms with Gasteiger partial charge >= 0.3 is 0 Å². The molecule has 1 heterocycles. The molecule has 1 saturated heterocycles. The number of likely N-dealkylation sites (N-methyl/N-ethyl adjacent to an activating group) is 1. The van der Waals surface area contributed by atoms with Crippen molar-refractivity contribution in [3.63, 3.8) is 0 Å². The highest BCUT2D eigenvalue weighted by molar-refractivity contribution is 5.22. The number of nitrogens with zero attached hydrogens (tertiary/aromatic N) is 1. The van der Waals surface area contributed by atoms with Crippen molar-refractivity contribution in [3.8, 4) is 5.75 Å². The molecule has 2 aromatic carbocycles. The summed E-state index contributed by atoms with van der Waals surface area (Å²) in [5.41, 5.74) is 0. The standard InChI is InChI=1S/C12H17FN2O.C7H9F.C6H5F/c1-9-7-14-12(15(9)2)8-16-11-5-3-4-10(13)6-11;1-2-3-4-5-6-7-8;7-6-4-2-1-3-5-6/h3-6,9,12,14H,7-8H2,1-2H3;2-7H,1H3;1-5H/b;3-2-,5-4-,7-6+;. The first-order valence-corrected chi connectivity index (χ1v) is 10.1. The molecule has 1 aliphatic heterocycles. The van der Waals surface area contributed by atoms with Gasteiger partial charge in [-0.25, -0.2) is 13.2 Å². The van der Waals surface area contributed by atoms with Gasteiger partial charge in [0.15, 0.2) is 0 Å². The highest BCUT2D eigenvalue weighted by Crippen LogP contribution is 2.14. The van der Waals surface area contributed by atoms with Gasteiger partial charge in [0.05, 0.1) is 12.5 Å². The van der Waals surface area contributed by atoms with Crippen molar-refractivity contribution >= 4 is 0 Å². The number of ether oxygens (including phenoxy) is 1. The number of hydrogen-bond donors (Lipinski definition) is 1. The van der Waals surface area contributed by atoms with Gasteiger partial charge in [0.1, 0.15) is 24.0 Å². The second-order valence-corrected chi connectivity index (χ2v) is 6.73. The number of benzene rings is 2. The van der Waals surface area contributed by atoms with Crippen LogP contribution in [0.2, 0.25) is 0 Å². The Morgan fingerprint density at radius 2 is 1.68 bits per heavy atom. The third-order valence-electron chi connectivity index (χ3n) is 4.37. The van der Waals surface area contributed by atoms with Gasteiger partial charge in [-0.3, -0.25) is 10.2 Å². The van der Waals surface area contributed by atoms with Crippen LogP contribution in [-0.4, -0.2) is 37.3 Å². The lowest BCUT2D eigenvalue weighted by Gasteiger charge is -2.22. The average Bonchev–Trinajstić information content (AvgIpc) is 3.09. The minimum Gasteiger partial charge on any atom is -0.490 e. The Labute approximate surface area is 183 Å². The van der Waals surface area contributed by atoms with Crippen LogP contribution in [0.25, 0.3) is 0 Å². The van der Waals surface area contributed by atoms with E-state index in [1.165, 1.54) is 30.3 Å². The topological polar surface area (TPSA) is 24.5 Å². The molecule has 0 amide bonds. The third-order valence-corrected chi connectivity index (χ3v) is 4.37. The van der Waals surface area contributed by atoms with Crippen LogP contribution in [0.1, 0.15) is 13.8 Å². The van der Waals surface area contributed by atoms with Crippen LogP contribution in [0.5, 0.6) is 5.75 Å². The van der Waals surface area contributed by atoms with Gasteiger partial charge in [-0.15, -0.1) is 0 Å². The zero-order valence-corrected chi connectivity index (χ0v) is 18.2.